The number of methoxy groups -OCH3 is 1. The van der Waals surface area contributed by atoms with E-state index in [-0.39, 0.29) is 6.04 Å². The molecule has 0 radical (unpaired) electrons. The lowest BCUT2D eigenvalue weighted by Gasteiger charge is -2.33. The van der Waals surface area contributed by atoms with E-state index in [1.807, 2.05) is 41.7 Å². The zero-order valence-electron chi connectivity index (χ0n) is 10.3. The van der Waals surface area contributed by atoms with Gasteiger partial charge in [-0.2, -0.15) is 23.5 Å². The van der Waals surface area contributed by atoms with Gasteiger partial charge in [0.05, 0.1) is 7.11 Å². The predicted octanol–water partition coefficient (Wildman–Crippen LogP) is 2.93. The Labute approximate surface area is 112 Å². The van der Waals surface area contributed by atoms with Crippen LogP contribution in [0.25, 0.3) is 0 Å². The highest BCUT2D eigenvalue weighted by Crippen LogP contribution is 2.39. The summed E-state index contributed by atoms with van der Waals surface area (Å²) in [7, 11) is 1.71. The lowest BCUT2D eigenvalue weighted by molar-refractivity contribution is 0.405. The number of nitrogens with two attached hydrogens (primary N) is 1. The van der Waals surface area contributed by atoms with E-state index in [1.165, 1.54) is 11.5 Å². The molecule has 0 bridgehead atoms. The maximum absolute atomic E-state index is 6.42. The number of hydrogen-bond acceptors (Lipinski definition) is 4. The van der Waals surface area contributed by atoms with Crippen molar-refractivity contribution in [3.63, 3.8) is 0 Å². The van der Waals surface area contributed by atoms with Crippen molar-refractivity contribution in [2.45, 2.75) is 23.5 Å². The van der Waals surface area contributed by atoms with Gasteiger partial charge in [0.15, 0.2) is 0 Å². The van der Waals surface area contributed by atoms with E-state index >= 15 is 0 Å². The third kappa shape index (κ3) is 2.92. The van der Waals surface area contributed by atoms with Crippen LogP contribution in [-0.2, 0) is 0 Å². The van der Waals surface area contributed by atoms with Gasteiger partial charge in [0.2, 0.25) is 0 Å². The number of para-hydroxylation sites is 1. The molecule has 4 heteroatoms. The summed E-state index contributed by atoms with van der Waals surface area (Å²) in [6.07, 6.45) is 0. The monoisotopic (exact) mass is 269 g/mol. The fourth-order valence-electron chi connectivity index (χ4n) is 2.16. The van der Waals surface area contributed by atoms with Crippen LogP contribution in [-0.4, -0.2) is 29.1 Å². The van der Waals surface area contributed by atoms with E-state index in [4.69, 9.17) is 10.5 Å². The van der Waals surface area contributed by atoms with Gasteiger partial charge < -0.3 is 10.5 Å². The molecule has 0 saturated carbocycles. The zero-order valence-corrected chi connectivity index (χ0v) is 11.9. The van der Waals surface area contributed by atoms with Crippen LogP contribution in [0.15, 0.2) is 24.3 Å². The summed E-state index contributed by atoms with van der Waals surface area (Å²) in [6.45, 7) is 2.27. The first-order valence-electron chi connectivity index (χ1n) is 5.85. The number of thioether (sulfide) groups is 2. The Morgan fingerprint density at radius 2 is 2.00 bits per heavy atom. The minimum absolute atomic E-state index is 0.0546. The minimum atomic E-state index is 0.0546. The molecular formula is C13H19NOS2. The lowest BCUT2D eigenvalue weighted by Crippen LogP contribution is -2.34. The van der Waals surface area contributed by atoms with E-state index in [0.717, 1.165) is 11.3 Å². The molecule has 1 aromatic carbocycles. The highest BCUT2D eigenvalue weighted by molar-refractivity contribution is 8.07. The Bertz CT molecular complexity index is 372. The van der Waals surface area contributed by atoms with E-state index in [0.29, 0.717) is 10.5 Å². The van der Waals surface area contributed by atoms with Crippen molar-refractivity contribution in [1.29, 1.82) is 0 Å². The van der Waals surface area contributed by atoms with Gasteiger partial charge >= 0.3 is 0 Å². The first-order valence-corrected chi connectivity index (χ1v) is 7.95. The topological polar surface area (TPSA) is 35.2 Å². The van der Waals surface area contributed by atoms with Crippen LogP contribution in [0.1, 0.15) is 18.5 Å². The maximum Gasteiger partial charge on any atom is 0.123 e. The summed E-state index contributed by atoms with van der Waals surface area (Å²) < 4.78 is 5.40. The van der Waals surface area contributed by atoms with Crippen molar-refractivity contribution in [3.05, 3.63) is 29.8 Å². The fraction of sp³-hybridized carbons (Fsp3) is 0.538. The van der Waals surface area contributed by atoms with Crippen molar-refractivity contribution in [3.8, 4) is 5.75 Å². The third-order valence-corrected chi connectivity index (χ3v) is 6.30. The predicted molar refractivity (Wildman–Crippen MR) is 78.1 cm³/mol. The Morgan fingerprint density at radius 1 is 1.29 bits per heavy atom. The second-order valence-corrected chi connectivity index (χ2v) is 6.95. The second-order valence-electron chi connectivity index (χ2n) is 4.18. The molecular weight excluding hydrogens is 250 g/mol. The average Bonchev–Trinajstić information content (AvgIpc) is 2.38. The van der Waals surface area contributed by atoms with Gasteiger partial charge in [-0.3, -0.25) is 0 Å². The molecule has 0 aliphatic carbocycles. The summed E-state index contributed by atoms with van der Waals surface area (Å²) in [6, 6.07) is 8.14. The number of benzene rings is 1. The number of hydrogen-bond donors (Lipinski definition) is 1. The van der Waals surface area contributed by atoms with Gasteiger partial charge in [0.1, 0.15) is 5.75 Å². The molecule has 2 nitrogen and oxygen atoms in total. The summed E-state index contributed by atoms with van der Waals surface area (Å²) in [5.41, 5.74) is 7.55. The molecule has 94 valence electrons. The van der Waals surface area contributed by atoms with Gasteiger partial charge in [-0.1, -0.05) is 25.1 Å². The number of ether oxygens (including phenoxy) is 1. The molecule has 0 aromatic heterocycles. The molecule has 2 rings (SSSR count). The SMILES string of the molecule is COc1ccccc1C(N)C1SCCSC1C. The Hall–Kier alpha value is -0.320. The maximum atomic E-state index is 6.42. The van der Waals surface area contributed by atoms with Crippen LogP contribution in [0, 0.1) is 0 Å². The van der Waals surface area contributed by atoms with Gasteiger partial charge in [-0.05, 0) is 6.07 Å². The summed E-state index contributed by atoms with van der Waals surface area (Å²) in [5.74, 6) is 3.34. The van der Waals surface area contributed by atoms with Crippen LogP contribution in [0.2, 0.25) is 0 Å². The van der Waals surface area contributed by atoms with Crippen molar-refractivity contribution in [2.75, 3.05) is 18.6 Å². The van der Waals surface area contributed by atoms with Crippen LogP contribution < -0.4 is 10.5 Å². The van der Waals surface area contributed by atoms with Crippen LogP contribution in [0.5, 0.6) is 5.75 Å². The highest BCUT2D eigenvalue weighted by Gasteiger charge is 2.30. The van der Waals surface area contributed by atoms with Crippen molar-refractivity contribution in [1.82, 2.24) is 0 Å². The molecule has 2 N–H and O–H groups in total. The van der Waals surface area contributed by atoms with Crippen molar-refractivity contribution in [2.24, 2.45) is 5.73 Å². The lowest BCUT2D eigenvalue weighted by atomic mass is 10.0. The smallest absolute Gasteiger partial charge is 0.123 e. The van der Waals surface area contributed by atoms with E-state index < -0.39 is 0 Å². The van der Waals surface area contributed by atoms with Crippen LogP contribution in [0.4, 0.5) is 0 Å². The molecule has 17 heavy (non-hydrogen) atoms. The van der Waals surface area contributed by atoms with E-state index in [1.54, 1.807) is 7.11 Å². The number of rotatable bonds is 3. The normalized spacial score (nSPS) is 26.5. The molecule has 1 aliphatic heterocycles. The van der Waals surface area contributed by atoms with Gasteiger partial charge in [0, 0.05) is 33.6 Å². The first-order chi connectivity index (χ1) is 8.24. The molecule has 1 heterocycles. The Morgan fingerprint density at radius 3 is 2.71 bits per heavy atom. The molecule has 3 unspecified atom stereocenters. The van der Waals surface area contributed by atoms with Gasteiger partial charge in [0.25, 0.3) is 0 Å². The molecule has 0 spiro atoms. The summed E-state index contributed by atoms with van der Waals surface area (Å²) in [4.78, 5) is 0. The largest absolute Gasteiger partial charge is 0.496 e. The average molecular weight is 269 g/mol. The van der Waals surface area contributed by atoms with E-state index in [9.17, 15) is 0 Å². The molecule has 1 aliphatic rings. The first kappa shape index (κ1) is 13.1. The quantitative estimate of drug-likeness (QED) is 0.915. The molecule has 1 aromatic rings. The molecule has 0 amide bonds. The molecule has 1 saturated heterocycles. The Balaban J connectivity index is 2.20. The van der Waals surface area contributed by atoms with Gasteiger partial charge in [-0.15, -0.1) is 0 Å². The Kier molecular flexibility index (Phi) is 4.65. The summed E-state index contributed by atoms with van der Waals surface area (Å²) in [5, 5.41) is 1.08. The van der Waals surface area contributed by atoms with E-state index in [2.05, 4.69) is 13.0 Å². The highest BCUT2D eigenvalue weighted by atomic mass is 32.2. The third-order valence-electron chi connectivity index (χ3n) is 3.09. The summed E-state index contributed by atoms with van der Waals surface area (Å²) >= 11 is 4.01. The standard InChI is InChI=1S/C13H19NOS2/c1-9-13(17-8-7-16-9)12(14)10-5-3-4-6-11(10)15-2/h3-6,9,12-13H,7-8,14H2,1-2H3. The van der Waals surface area contributed by atoms with Crippen LogP contribution in [0.3, 0.4) is 0 Å². The van der Waals surface area contributed by atoms with Crippen LogP contribution >= 0.6 is 23.5 Å². The second kappa shape index (κ2) is 6.03. The fourth-order valence-corrected chi connectivity index (χ4v) is 5.03. The minimum Gasteiger partial charge on any atom is -0.496 e. The van der Waals surface area contributed by atoms with Crippen molar-refractivity contribution >= 4 is 23.5 Å². The molecule has 3 atom stereocenters. The molecule has 1 fully saturated rings. The zero-order chi connectivity index (χ0) is 12.3. The van der Waals surface area contributed by atoms with Crippen molar-refractivity contribution < 1.29 is 4.74 Å². The van der Waals surface area contributed by atoms with Gasteiger partial charge in [-0.25, -0.2) is 0 Å².